The minimum absolute atomic E-state index is 0.0136. The van der Waals surface area contributed by atoms with Crippen molar-refractivity contribution in [3.05, 3.63) is 48.7 Å². The Morgan fingerprint density at radius 3 is 2.96 bits per heavy atom. The third-order valence-corrected chi connectivity index (χ3v) is 4.85. The van der Waals surface area contributed by atoms with Crippen molar-refractivity contribution >= 4 is 11.7 Å². The number of hydrogen-bond acceptors (Lipinski definition) is 6. The smallest absolute Gasteiger partial charge is 0.272 e. The molecule has 2 aliphatic heterocycles. The largest absolute Gasteiger partial charge is 0.376 e. The lowest BCUT2D eigenvalue weighted by atomic mass is 9.85. The summed E-state index contributed by atoms with van der Waals surface area (Å²) in [4.78, 5) is 27.0. The molecule has 0 aromatic carbocycles. The summed E-state index contributed by atoms with van der Waals surface area (Å²) in [5, 5.41) is 3.45. The van der Waals surface area contributed by atoms with E-state index in [1.165, 1.54) is 6.33 Å². The number of carbonyl (C=O) groups is 1. The summed E-state index contributed by atoms with van der Waals surface area (Å²) in [6, 6.07) is 7.44. The van der Waals surface area contributed by atoms with Gasteiger partial charge in [0, 0.05) is 38.0 Å². The minimum atomic E-state index is -0.0563. The lowest BCUT2D eigenvalue weighted by Crippen LogP contribution is -2.59. The molecule has 1 amide bonds. The molecule has 7 heteroatoms. The molecule has 4 rings (SSSR count). The molecular formula is C18H21N5O2. The van der Waals surface area contributed by atoms with Crippen LogP contribution >= 0.6 is 0 Å². The molecule has 0 bridgehead atoms. The van der Waals surface area contributed by atoms with Crippen LogP contribution in [0.3, 0.4) is 0 Å². The maximum absolute atomic E-state index is 12.8. The van der Waals surface area contributed by atoms with E-state index in [-0.39, 0.29) is 18.1 Å². The third-order valence-electron chi connectivity index (χ3n) is 4.85. The van der Waals surface area contributed by atoms with E-state index in [2.05, 4.69) is 20.3 Å². The molecule has 0 saturated carbocycles. The van der Waals surface area contributed by atoms with E-state index in [0.29, 0.717) is 24.7 Å². The highest BCUT2D eigenvalue weighted by Gasteiger charge is 2.41. The Morgan fingerprint density at radius 2 is 2.16 bits per heavy atom. The molecule has 2 aromatic rings. The summed E-state index contributed by atoms with van der Waals surface area (Å²) < 4.78 is 6.05. The number of nitrogens with zero attached hydrogens (tertiary/aromatic N) is 4. The number of likely N-dealkylation sites (tertiary alicyclic amines) is 1. The van der Waals surface area contributed by atoms with Crippen LogP contribution in [0.15, 0.2) is 43.0 Å². The van der Waals surface area contributed by atoms with Gasteiger partial charge in [0.2, 0.25) is 0 Å². The Labute approximate surface area is 146 Å². The summed E-state index contributed by atoms with van der Waals surface area (Å²) in [5.41, 5.74) is 0.432. The van der Waals surface area contributed by atoms with Crippen LogP contribution in [0.1, 0.15) is 23.3 Å². The lowest BCUT2D eigenvalue weighted by Gasteiger charge is -2.46. The van der Waals surface area contributed by atoms with Gasteiger partial charge in [0.05, 0.1) is 12.1 Å². The van der Waals surface area contributed by atoms with Crippen molar-refractivity contribution in [2.24, 2.45) is 5.92 Å². The zero-order chi connectivity index (χ0) is 17.1. The van der Waals surface area contributed by atoms with Gasteiger partial charge in [-0.2, -0.15) is 0 Å². The first-order chi connectivity index (χ1) is 12.3. The van der Waals surface area contributed by atoms with E-state index >= 15 is 0 Å². The first-order valence-electron chi connectivity index (χ1n) is 8.66. The summed E-state index contributed by atoms with van der Waals surface area (Å²) in [7, 11) is 0. The van der Waals surface area contributed by atoms with Crippen molar-refractivity contribution < 1.29 is 9.53 Å². The highest BCUT2D eigenvalue weighted by atomic mass is 16.5. The molecule has 2 saturated heterocycles. The van der Waals surface area contributed by atoms with Crippen LogP contribution in [-0.4, -0.2) is 57.6 Å². The normalized spacial score (nSPS) is 25.9. The molecule has 7 nitrogen and oxygen atoms in total. The first kappa shape index (κ1) is 16.0. The third kappa shape index (κ3) is 3.46. The minimum Gasteiger partial charge on any atom is -0.376 e. The van der Waals surface area contributed by atoms with Gasteiger partial charge in [0.25, 0.3) is 5.91 Å². The fourth-order valence-electron chi connectivity index (χ4n) is 3.71. The van der Waals surface area contributed by atoms with Gasteiger partial charge in [0.1, 0.15) is 17.8 Å². The number of piperidine rings is 1. The number of fused-ring (bicyclic) bond motifs is 1. The van der Waals surface area contributed by atoms with Crippen LogP contribution in [0, 0.1) is 5.92 Å². The molecule has 0 radical (unpaired) electrons. The number of rotatable bonds is 3. The number of amides is 1. The van der Waals surface area contributed by atoms with Gasteiger partial charge in [-0.3, -0.25) is 4.79 Å². The first-order valence-corrected chi connectivity index (χ1v) is 8.66. The van der Waals surface area contributed by atoms with Gasteiger partial charge in [-0.25, -0.2) is 15.0 Å². The van der Waals surface area contributed by atoms with Crippen molar-refractivity contribution in [2.75, 3.05) is 25.0 Å². The van der Waals surface area contributed by atoms with Gasteiger partial charge in [-0.15, -0.1) is 0 Å². The van der Waals surface area contributed by atoms with Crippen LogP contribution < -0.4 is 5.32 Å². The Bertz CT molecular complexity index is 712. The van der Waals surface area contributed by atoms with Crippen LogP contribution in [0.2, 0.25) is 0 Å². The second kappa shape index (κ2) is 7.14. The molecule has 4 heterocycles. The van der Waals surface area contributed by atoms with E-state index < -0.39 is 0 Å². The molecule has 0 unspecified atom stereocenters. The van der Waals surface area contributed by atoms with Crippen LogP contribution in [0.5, 0.6) is 0 Å². The van der Waals surface area contributed by atoms with E-state index in [0.717, 1.165) is 25.3 Å². The molecular weight excluding hydrogens is 318 g/mol. The van der Waals surface area contributed by atoms with E-state index in [9.17, 15) is 4.79 Å². The van der Waals surface area contributed by atoms with Gasteiger partial charge in [-0.05, 0) is 31.0 Å². The number of pyridine rings is 1. The van der Waals surface area contributed by atoms with E-state index in [1.807, 2.05) is 23.1 Å². The lowest BCUT2D eigenvalue weighted by molar-refractivity contribution is -0.0676. The van der Waals surface area contributed by atoms with Crippen molar-refractivity contribution in [3.63, 3.8) is 0 Å². The quantitative estimate of drug-likeness (QED) is 0.915. The number of aromatic nitrogens is 3. The Hall–Kier alpha value is -2.54. The van der Waals surface area contributed by atoms with Gasteiger partial charge >= 0.3 is 0 Å². The van der Waals surface area contributed by atoms with E-state index in [4.69, 9.17) is 4.74 Å². The molecule has 0 aliphatic carbocycles. The number of hydrogen-bond donors (Lipinski definition) is 1. The van der Waals surface area contributed by atoms with Crippen LogP contribution in [0.25, 0.3) is 0 Å². The average Bonchev–Trinajstić information content (AvgIpc) is 2.69. The topological polar surface area (TPSA) is 80.2 Å². The molecule has 25 heavy (non-hydrogen) atoms. The SMILES string of the molecule is O=C(c1ccncn1)N1C[C@@H]2CCCO[C@@H]2[C@H](Nc2ccccn2)C1. The monoisotopic (exact) mass is 339 g/mol. The predicted octanol–water partition coefficient (Wildman–Crippen LogP) is 1.60. The standard InChI is InChI=1S/C18H21N5O2/c24-18(14-6-8-19-12-21-14)23-10-13-4-3-9-25-17(13)15(11-23)22-16-5-1-2-7-20-16/h1-2,5-8,12-13,15,17H,3-4,9-11H2,(H,20,22)/t13-,15+,17-/m0/s1. The zero-order valence-electron chi connectivity index (χ0n) is 13.9. The number of nitrogens with one attached hydrogen (secondary N) is 1. The average molecular weight is 339 g/mol. The molecule has 0 spiro atoms. The highest BCUT2D eigenvalue weighted by Crippen LogP contribution is 2.30. The van der Waals surface area contributed by atoms with Crippen molar-refractivity contribution in [1.29, 1.82) is 0 Å². The van der Waals surface area contributed by atoms with Crippen molar-refractivity contribution in [2.45, 2.75) is 25.0 Å². The second-order valence-corrected chi connectivity index (χ2v) is 6.51. The fraction of sp³-hybridized carbons (Fsp3) is 0.444. The number of anilines is 1. The number of ether oxygens (including phenoxy) is 1. The summed E-state index contributed by atoms with van der Waals surface area (Å²) in [5.74, 6) is 1.07. The van der Waals surface area contributed by atoms with Crippen LogP contribution in [-0.2, 0) is 4.74 Å². The summed E-state index contributed by atoms with van der Waals surface area (Å²) in [6.07, 6.45) is 6.97. The number of carbonyl (C=O) groups excluding carboxylic acids is 1. The Balaban J connectivity index is 1.55. The molecule has 2 fully saturated rings. The van der Waals surface area contributed by atoms with Gasteiger partial charge in [-0.1, -0.05) is 6.07 Å². The maximum Gasteiger partial charge on any atom is 0.272 e. The van der Waals surface area contributed by atoms with Crippen molar-refractivity contribution in [1.82, 2.24) is 19.9 Å². The Kier molecular flexibility index (Phi) is 4.56. The molecule has 130 valence electrons. The second-order valence-electron chi connectivity index (χ2n) is 6.51. The van der Waals surface area contributed by atoms with E-state index in [1.54, 1.807) is 18.5 Å². The molecule has 3 atom stereocenters. The summed E-state index contributed by atoms with van der Waals surface area (Å²) >= 11 is 0. The van der Waals surface area contributed by atoms with Gasteiger partial charge in [0.15, 0.2) is 0 Å². The van der Waals surface area contributed by atoms with Crippen molar-refractivity contribution in [3.8, 4) is 0 Å². The maximum atomic E-state index is 12.8. The Morgan fingerprint density at radius 1 is 1.20 bits per heavy atom. The molecule has 1 N–H and O–H groups in total. The fourth-order valence-corrected chi connectivity index (χ4v) is 3.71. The van der Waals surface area contributed by atoms with Gasteiger partial charge < -0.3 is 15.0 Å². The zero-order valence-corrected chi connectivity index (χ0v) is 13.9. The molecule has 2 aliphatic rings. The molecule has 2 aromatic heterocycles. The predicted molar refractivity (Wildman–Crippen MR) is 92.0 cm³/mol. The van der Waals surface area contributed by atoms with Crippen LogP contribution in [0.4, 0.5) is 5.82 Å². The highest BCUT2D eigenvalue weighted by molar-refractivity contribution is 5.92. The summed E-state index contributed by atoms with van der Waals surface area (Å²) in [6.45, 7) is 2.05.